The maximum absolute atomic E-state index is 11.2. The molecule has 0 aliphatic rings. The van der Waals surface area contributed by atoms with Crippen LogP contribution < -0.4 is 5.32 Å². The molecule has 1 N–H and O–H groups in total. The highest BCUT2D eigenvalue weighted by Gasteiger charge is 2.04. The Labute approximate surface area is 96.8 Å². The highest BCUT2D eigenvalue weighted by molar-refractivity contribution is 5.84. The van der Waals surface area contributed by atoms with Gasteiger partial charge in [0.2, 0.25) is 0 Å². The van der Waals surface area contributed by atoms with Crippen LogP contribution in [0.4, 0.5) is 10.5 Å². The number of nitrogens with one attached hydrogen (secondary N) is 1. The smallest absolute Gasteiger partial charge is 0.411 e. The van der Waals surface area contributed by atoms with Crippen molar-refractivity contribution in [1.29, 1.82) is 0 Å². The van der Waals surface area contributed by atoms with Crippen molar-refractivity contribution in [1.82, 2.24) is 0 Å². The van der Waals surface area contributed by atoms with Crippen LogP contribution in [0.2, 0.25) is 0 Å². The quantitative estimate of drug-likeness (QED) is 0.840. The first-order valence-corrected chi connectivity index (χ1v) is 5.71. The van der Waals surface area contributed by atoms with Gasteiger partial charge in [-0.2, -0.15) is 0 Å². The SMILES string of the molecule is CCOC(=O)Nc1ccc(C(C)CC)cc1. The van der Waals surface area contributed by atoms with Crippen LogP contribution >= 0.6 is 0 Å². The summed E-state index contributed by atoms with van der Waals surface area (Å²) >= 11 is 0. The van der Waals surface area contributed by atoms with E-state index in [0.717, 1.165) is 12.1 Å². The number of ether oxygens (including phenoxy) is 1. The molecule has 0 fully saturated rings. The van der Waals surface area contributed by atoms with E-state index in [1.807, 2.05) is 24.3 Å². The predicted molar refractivity (Wildman–Crippen MR) is 65.8 cm³/mol. The van der Waals surface area contributed by atoms with Gasteiger partial charge in [0.1, 0.15) is 0 Å². The molecular weight excluding hydrogens is 202 g/mol. The van der Waals surface area contributed by atoms with Gasteiger partial charge in [0.05, 0.1) is 6.61 Å². The number of benzene rings is 1. The lowest BCUT2D eigenvalue weighted by molar-refractivity contribution is 0.168. The Bertz CT molecular complexity index is 332. The highest BCUT2D eigenvalue weighted by Crippen LogP contribution is 2.20. The molecule has 0 aliphatic carbocycles. The molecule has 0 spiro atoms. The molecule has 16 heavy (non-hydrogen) atoms. The van der Waals surface area contributed by atoms with Crippen LogP contribution in [0.25, 0.3) is 0 Å². The molecule has 3 heteroatoms. The van der Waals surface area contributed by atoms with Gasteiger partial charge >= 0.3 is 6.09 Å². The van der Waals surface area contributed by atoms with Crippen LogP contribution in [-0.4, -0.2) is 12.7 Å². The minimum Gasteiger partial charge on any atom is -0.450 e. The first-order chi connectivity index (χ1) is 7.67. The number of anilines is 1. The third kappa shape index (κ3) is 3.57. The molecule has 0 bridgehead atoms. The predicted octanol–water partition coefficient (Wildman–Crippen LogP) is 3.77. The average Bonchev–Trinajstić information content (AvgIpc) is 2.29. The van der Waals surface area contributed by atoms with Gasteiger partial charge in [-0.15, -0.1) is 0 Å². The zero-order valence-corrected chi connectivity index (χ0v) is 10.1. The van der Waals surface area contributed by atoms with Crippen molar-refractivity contribution in [2.75, 3.05) is 11.9 Å². The fourth-order valence-corrected chi connectivity index (χ4v) is 1.42. The molecule has 1 unspecified atom stereocenters. The lowest BCUT2D eigenvalue weighted by Crippen LogP contribution is -2.13. The third-order valence-corrected chi connectivity index (χ3v) is 2.61. The zero-order chi connectivity index (χ0) is 12.0. The summed E-state index contributed by atoms with van der Waals surface area (Å²) in [5.41, 5.74) is 2.06. The van der Waals surface area contributed by atoms with Gasteiger partial charge in [-0.1, -0.05) is 26.0 Å². The molecule has 0 aliphatic heterocycles. The Morgan fingerprint density at radius 3 is 2.44 bits per heavy atom. The van der Waals surface area contributed by atoms with Crippen molar-refractivity contribution >= 4 is 11.8 Å². The van der Waals surface area contributed by atoms with Gasteiger partial charge in [0.15, 0.2) is 0 Å². The molecule has 0 saturated heterocycles. The van der Waals surface area contributed by atoms with Crippen LogP contribution in [0.1, 0.15) is 38.7 Å². The van der Waals surface area contributed by atoms with E-state index in [0.29, 0.717) is 12.5 Å². The van der Waals surface area contributed by atoms with Crippen molar-refractivity contribution < 1.29 is 9.53 Å². The Balaban J connectivity index is 2.61. The molecule has 0 heterocycles. The second-order valence-corrected chi connectivity index (χ2v) is 3.78. The summed E-state index contributed by atoms with van der Waals surface area (Å²) < 4.78 is 4.79. The van der Waals surface area contributed by atoms with E-state index in [2.05, 4.69) is 19.2 Å². The summed E-state index contributed by atoms with van der Waals surface area (Å²) in [5.74, 6) is 0.552. The van der Waals surface area contributed by atoms with E-state index in [1.165, 1.54) is 5.56 Å². The van der Waals surface area contributed by atoms with Crippen LogP contribution in [0.15, 0.2) is 24.3 Å². The number of hydrogen-bond donors (Lipinski definition) is 1. The van der Waals surface area contributed by atoms with Crippen LogP contribution in [-0.2, 0) is 4.74 Å². The van der Waals surface area contributed by atoms with E-state index in [1.54, 1.807) is 6.92 Å². The number of amides is 1. The topological polar surface area (TPSA) is 38.3 Å². The Morgan fingerprint density at radius 2 is 1.94 bits per heavy atom. The summed E-state index contributed by atoms with van der Waals surface area (Å²) in [4.78, 5) is 11.2. The van der Waals surface area contributed by atoms with Gasteiger partial charge in [-0.25, -0.2) is 4.79 Å². The number of carbonyl (C=O) groups is 1. The van der Waals surface area contributed by atoms with Crippen molar-refractivity contribution in [2.24, 2.45) is 0 Å². The summed E-state index contributed by atoms with van der Waals surface area (Å²) in [5, 5.41) is 2.67. The molecule has 1 rings (SSSR count). The minimum atomic E-state index is -0.404. The molecule has 0 radical (unpaired) electrons. The first-order valence-electron chi connectivity index (χ1n) is 5.71. The monoisotopic (exact) mass is 221 g/mol. The molecule has 1 amide bonds. The number of hydrogen-bond acceptors (Lipinski definition) is 2. The van der Waals surface area contributed by atoms with Gasteiger partial charge in [0.25, 0.3) is 0 Å². The van der Waals surface area contributed by atoms with Gasteiger partial charge in [-0.05, 0) is 37.0 Å². The van der Waals surface area contributed by atoms with Gasteiger partial charge in [-0.3, -0.25) is 5.32 Å². The largest absolute Gasteiger partial charge is 0.450 e. The molecule has 3 nitrogen and oxygen atoms in total. The van der Waals surface area contributed by atoms with E-state index >= 15 is 0 Å². The van der Waals surface area contributed by atoms with Crippen LogP contribution in [0.3, 0.4) is 0 Å². The lowest BCUT2D eigenvalue weighted by Gasteiger charge is -2.10. The second-order valence-electron chi connectivity index (χ2n) is 3.78. The van der Waals surface area contributed by atoms with Gasteiger partial charge in [0, 0.05) is 5.69 Å². The first kappa shape index (κ1) is 12.6. The lowest BCUT2D eigenvalue weighted by atomic mass is 9.99. The molecule has 1 atom stereocenters. The molecule has 0 aromatic heterocycles. The number of carbonyl (C=O) groups excluding carboxylic acids is 1. The van der Waals surface area contributed by atoms with Crippen LogP contribution in [0, 0.1) is 0 Å². The molecule has 1 aromatic rings. The Hall–Kier alpha value is -1.51. The van der Waals surface area contributed by atoms with Crippen molar-refractivity contribution in [3.05, 3.63) is 29.8 Å². The van der Waals surface area contributed by atoms with Crippen molar-refractivity contribution in [3.8, 4) is 0 Å². The number of rotatable bonds is 4. The Morgan fingerprint density at radius 1 is 1.31 bits per heavy atom. The maximum atomic E-state index is 11.2. The minimum absolute atomic E-state index is 0.386. The fraction of sp³-hybridized carbons (Fsp3) is 0.462. The summed E-state index contributed by atoms with van der Waals surface area (Å²) in [7, 11) is 0. The molecule has 1 aromatic carbocycles. The fourth-order valence-electron chi connectivity index (χ4n) is 1.42. The zero-order valence-electron chi connectivity index (χ0n) is 10.1. The van der Waals surface area contributed by atoms with E-state index in [9.17, 15) is 4.79 Å². The molecule has 0 saturated carbocycles. The Kier molecular flexibility index (Phi) is 4.83. The third-order valence-electron chi connectivity index (χ3n) is 2.61. The molecule has 88 valence electrons. The summed E-state index contributed by atoms with van der Waals surface area (Å²) in [6.07, 6.45) is 0.712. The van der Waals surface area contributed by atoms with E-state index < -0.39 is 6.09 Å². The van der Waals surface area contributed by atoms with E-state index in [4.69, 9.17) is 4.74 Å². The van der Waals surface area contributed by atoms with Crippen LogP contribution in [0.5, 0.6) is 0 Å². The molecular formula is C13H19NO2. The van der Waals surface area contributed by atoms with E-state index in [-0.39, 0.29) is 0 Å². The average molecular weight is 221 g/mol. The maximum Gasteiger partial charge on any atom is 0.411 e. The second kappa shape index (κ2) is 6.16. The normalized spacial score (nSPS) is 11.9. The summed E-state index contributed by atoms with van der Waals surface area (Å²) in [6, 6.07) is 7.88. The van der Waals surface area contributed by atoms with Gasteiger partial charge < -0.3 is 4.74 Å². The summed E-state index contributed by atoms with van der Waals surface area (Å²) in [6.45, 7) is 6.52. The standard InChI is InChI=1S/C13H19NO2/c1-4-10(3)11-6-8-12(9-7-11)14-13(15)16-5-2/h6-10H,4-5H2,1-3H3,(H,14,15). The van der Waals surface area contributed by atoms with Crippen molar-refractivity contribution in [3.63, 3.8) is 0 Å². The highest BCUT2D eigenvalue weighted by atomic mass is 16.5. The van der Waals surface area contributed by atoms with Crippen molar-refractivity contribution in [2.45, 2.75) is 33.1 Å².